The first-order chi connectivity index (χ1) is 14.7. The number of sulfone groups is 1. The Kier molecular flexibility index (Phi) is 7.25. The van der Waals surface area contributed by atoms with Gasteiger partial charge in [-0.15, -0.1) is 0 Å². The Labute approximate surface area is 186 Å². The number of carbonyl (C=O) groups excluding carboxylic acids is 1. The SMILES string of the molecule is C=CC(=O)Nc1ccc(Sc2nc(Cc3cccc(CS(C)(=O)=O)c3)ncc2C)cc1. The standard InChI is InChI=1S/C23H23N3O3S2/c1-4-22(27)25-19-8-10-20(11-9-19)30-23-16(2)14-24-21(26-23)13-17-6-5-7-18(12-17)15-31(3,28)29/h4-12,14H,1,13,15H2,2-3H3,(H,25,27). The van der Waals surface area contributed by atoms with Crippen LogP contribution in [0.2, 0.25) is 0 Å². The maximum absolute atomic E-state index is 11.6. The fourth-order valence-electron chi connectivity index (χ4n) is 2.88. The summed E-state index contributed by atoms with van der Waals surface area (Å²) in [6, 6.07) is 15.0. The summed E-state index contributed by atoms with van der Waals surface area (Å²) in [5.74, 6) is 0.428. The second-order valence-electron chi connectivity index (χ2n) is 7.16. The molecule has 31 heavy (non-hydrogen) atoms. The van der Waals surface area contributed by atoms with Gasteiger partial charge in [0.1, 0.15) is 10.9 Å². The molecule has 6 nitrogen and oxygen atoms in total. The van der Waals surface area contributed by atoms with Crippen LogP contribution in [-0.2, 0) is 26.8 Å². The van der Waals surface area contributed by atoms with Gasteiger partial charge in [-0.1, -0.05) is 42.6 Å². The van der Waals surface area contributed by atoms with Gasteiger partial charge in [-0.25, -0.2) is 18.4 Å². The van der Waals surface area contributed by atoms with Gasteiger partial charge in [0.2, 0.25) is 5.91 Å². The Morgan fingerprint density at radius 3 is 2.55 bits per heavy atom. The molecule has 0 bridgehead atoms. The quantitative estimate of drug-likeness (QED) is 0.406. The number of nitrogens with one attached hydrogen (secondary N) is 1. The van der Waals surface area contributed by atoms with Gasteiger partial charge in [0.15, 0.2) is 9.84 Å². The molecule has 1 aromatic heterocycles. The molecular formula is C23H23N3O3S2. The van der Waals surface area contributed by atoms with Gasteiger partial charge in [-0.2, -0.15) is 0 Å². The molecule has 0 saturated heterocycles. The third-order valence-corrected chi connectivity index (χ3v) is 6.25. The molecule has 0 aliphatic carbocycles. The first-order valence-corrected chi connectivity index (χ1v) is 12.4. The zero-order valence-corrected chi connectivity index (χ0v) is 19.0. The first-order valence-electron chi connectivity index (χ1n) is 9.51. The molecule has 0 saturated carbocycles. The highest BCUT2D eigenvalue weighted by atomic mass is 32.2. The van der Waals surface area contributed by atoms with Gasteiger partial charge in [-0.05, 0) is 54.0 Å². The number of aryl methyl sites for hydroxylation is 1. The van der Waals surface area contributed by atoms with Crippen molar-refractivity contribution in [2.45, 2.75) is 29.0 Å². The summed E-state index contributed by atoms with van der Waals surface area (Å²) >= 11 is 1.52. The highest BCUT2D eigenvalue weighted by Gasteiger charge is 2.09. The van der Waals surface area contributed by atoms with Crippen LogP contribution in [0.25, 0.3) is 0 Å². The lowest BCUT2D eigenvalue weighted by molar-refractivity contribution is -0.111. The number of nitrogens with zero attached hydrogens (tertiary/aromatic N) is 2. The molecule has 3 rings (SSSR count). The summed E-state index contributed by atoms with van der Waals surface area (Å²) < 4.78 is 23.1. The molecule has 1 heterocycles. The van der Waals surface area contributed by atoms with Crippen molar-refractivity contribution in [3.63, 3.8) is 0 Å². The van der Waals surface area contributed by atoms with E-state index in [-0.39, 0.29) is 11.7 Å². The third-order valence-electron chi connectivity index (χ3n) is 4.28. The van der Waals surface area contributed by atoms with Crippen LogP contribution in [-0.4, -0.2) is 30.5 Å². The minimum atomic E-state index is -3.09. The zero-order chi connectivity index (χ0) is 22.4. The van der Waals surface area contributed by atoms with Gasteiger partial charge >= 0.3 is 0 Å². The summed E-state index contributed by atoms with van der Waals surface area (Å²) in [7, 11) is -3.09. The average Bonchev–Trinajstić information content (AvgIpc) is 2.71. The minimum Gasteiger partial charge on any atom is -0.323 e. The van der Waals surface area contributed by atoms with Crippen LogP contribution in [0, 0.1) is 6.92 Å². The van der Waals surface area contributed by atoms with Crippen molar-refractivity contribution in [2.75, 3.05) is 11.6 Å². The van der Waals surface area contributed by atoms with E-state index in [4.69, 9.17) is 4.98 Å². The largest absolute Gasteiger partial charge is 0.323 e. The predicted molar refractivity (Wildman–Crippen MR) is 124 cm³/mol. The molecule has 2 aromatic carbocycles. The number of rotatable bonds is 8. The van der Waals surface area contributed by atoms with Crippen LogP contribution in [0.15, 0.2) is 77.3 Å². The number of hydrogen-bond donors (Lipinski definition) is 1. The molecule has 1 amide bonds. The number of amides is 1. The van der Waals surface area contributed by atoms with E-state index in [1.54, 1.807) is 6.20 Å². The van der Waals surface area contributed by atoms with E-state index in [2.05, 4.69) is 16.9 Å². The Morgan fingerprint density at radius 1 is 1.16 bits per heavy atom. The fraction of sp³-hybridized carbons (Fsp3) is 0.174. The molecule has 8 heteroatoms. The first kappa shape index (κ1) is 22.7. The average molecular weight is 454 g/mol. The maximum Gasteiger partial charge on any atom is 0.247 e. The van der Waals surface area contributed by atoms with Crippen molar-refractivity contribution in [2.24, 2.45) is 0 Å². The summed E-state index contributed by atoms with van der Waals surface area (Å²) in [5, 5.41) is 3.57. The van der Waals surface area contributed by atoms with E-state index < -0.39 is 9.84 Å². The highest BCUT2D eigenvalue weighted by Crippen LogP contribution is 2.29. The number of benzene rings is 2. The van der Waals surface area contributed by atoms with E-state index in [1.165, 1.54) is 24.1 Å². The lowest BCUT2D eigenvalue weighted by atomic mass is 10.1. The molecule has 1 N–H and O–H groups in total. The number of anilines is 1. The zero-order valence-electron chi connectivity index (χ0n) is 17.3. The molecule has 0 aliphatic rings. The van der Waals surface area contributed by atoms with Gasteiger partial charge in [-0.3, -0.25) is 4.79 Å². The van der Waals surface area contributed by atoms with Crippen molar-refractivity contribution < 1.29 is 13.2 Å². The fourth-order valence-corrected chi connectivity index (χ4v) is 4.52. The molecule has 0 radical (unpaired) electrons. The topological polar surface area (TPSA) is 89.0 Å². The summed E-state index contributed by atoms with van der Waals surface area (Å²) in [6.07, 6.45) is 4.76. The van der Waals surface area contributed by atoms with Crippen LogP contribution in [0.3, 0.4) is 0 Å². The molecule has 0 atom stereocenters. The molecule has 0 aliphatic heterocycles. The maximum atomic E-state index is 11.6. The van der Waals surface area contributed by atoms with Crippen LogP contribution in [0.1, 0.15) is 22.5 Å². The van der Waals surface area contributed by atoms with Crippen LogP contribution in [0.5, 0.6) is 0 Å². The van der Waals surface area contributed by atoms with Crippen molar-refractivity contribution in [3.05, 3.63) is 89.9 Å². The van der Waals surface area contributed by atoms with Crippen molar-refractivity contribution in [1.29, 1.82) is 0 Å². The summed E-state index contributed by atoms with van der Waals surface area (Å²) in [4.78, 5) is 21.5. The Morgan fingerprint density at radius 2 is 1.87 bits per heavy atom. The van der Waals surface area contributed by atoms with Gasteiger partial charge < -0.3 is 5.32 Å². The molecule has 0 spiro atoms. The Bertz CT molecular complexity index is 1210. The second-order valence-corrected chi connectivity index (χ2v) is 10.4. The number of aromatic nitrogens is 2. The smallest absolute Gasteiger partial charge is 0.247 e. The molecule has 160 valence electrons. The van der Waals surface area contributed by atoms with Crippen molar-refractivity contribution >= 4 is 33.2 Å². The van der Waals surface area contributed by atoms with Gasteiger partial charge in [0.25, 0.3) is 0 Å². The second kappa shape index (κ2) is 9.89. The number of hydrogen-bond acceptors (Lipinski definition) is 6. The molecule has 0 fully saturated rings. The van der Waals surface area contributed by atoms with E-state index in [1.807, 2.05) is 55.5 Å². The van der Waals surface area contributed by atoms with E-state index in [0.717, 1.165) is 26.6 Å². The highest BCUT2D eigenvalue weighted by molar-refractivity contribution is 7.99. The summed E-state index contributed by atoms with van der Waals surface area (Å²) in [5.41, 5.74) is 3.38. The molecule has 0 unspecified atom stereocenters. The Balaban J connectivity index is 1.74. The van der Waals surface area contributed by atoms with Gasteiger partial charge in [0, 0.05) is 29.5 Å². The Hall–Kier alpha value is -2.97. The lowest BCUT2D eigenvalue weighted by Gasteiger charge is -2.09. The summed E-state index contributed by atoms with van der Waals surface area (Å²) in [6.45, 7) is 5.40. The predicted octanol–water partition coefficient (Wildman–Crippen LogP) is 4.20. The van der Waals surface area contributed by atoms with Crippen molar-refractivity contribution in [1.82, 2.24) is 9.97 Å². The number of carbonyl (C=O) groups is 1. The molecular weight excluding hydrogens is 430 g/mol. The van der Waals surface area contributed by atoms with Crippen molar-refractivity contribution in [3.8, 4) is 0 Å². The monoisotopic (exact) mass is 453 g/mol. The van der Waals surface area contributed by atoms with E-state index in [0.29, 0.717) is 17.9 Å². The van der Waals surface area contributed by atoms with Crippen LogP contribution in [0.4, 0.5) is 5.69 Å². The van der Waals surface area contributed by atoms with Crippen LogP contribution < -0.4 is 5.32 Å². The van der Waals surface area contributed by atoms with E-state index in [9.17, 15) is 13.2 Å². The minimum absolute atomic E-state index is 0.0138. The normalized spacial score (nSPS) is 11.2. The van der Waals surface area contributed by atoms with Gasteiger partial charge in [0.05, 0.1) is 5.75 Å². The third kappa shape index (κ3) is 7.04. The lowest BCUT2D eigenvalue weighted by Crippen LogP contribution is -2.06. The van der Waals surface area contributed by atoms with Crippen LogP contribution >= 0.6 is 11.8 Å². The molecule has 3 aromatic rings. The van der Waals surface area contributed by atoms with E-state index >= 15 is 0 Å².